The molecule has 1 atom stereocenters. The van der Waals surface area contributed by atoms with E-state index in [4.69, 9.17) is 0 Å². The third-order valence-electron chi connectivity index (χ3n) is 2.32. The van der Waals surface area contributed by atoms with E-state index in [-0.39, 0.29) is 30.2 Å². The highest BCUT2D eigenvalue weighted by molar-refractivity contribution is 6.00. The molecule has 0 saturated carbocycles. The van der Waals surface area contributed by atoms with Gasteiger partial charge in [-0.15, -0.1) is 0 Å². The van der Waals surface area contributed by atoms with Gasteiger partial charge in [-0.25, -0.2) is 5.43 Å². The van der Waals surface area contributed by atoms with E-state index in [2.05, 4.69) is 15.8 Å². The van der Waals surface area contributed by atoms with Crippen molar-refractivity contribution in [2.24, 2.45) is 11.0 Å². The lowest BCUT2D eigenvalue weighted by atomic mass is 10.2. The summed E-state index contributed by atoms with van der Waals surface area (Å²) in [5.74, 6) is -0.327. The summed E-state index contributed by atoms with van der Waals surface area (Å²) in [7, 11) is 0. The average molecular weight is 241 g/mol. The van der Waals surface area contributed by atoms with Crippen molar-refractivity contribution in [2.45, 2.75) is 53.5 Å². The van der Waals surface area contributed by atoms with Crippen molar-refractivity contribution < 1.29 is 9.59 Å². The van der Waals surface area contributed by atoms with E-state index in [1.54, 1.807) is 20.8 Å². The topological polar surface area (TPSA) is 70.6 Å². The second-order valence-corrected chi connectivity index (χ2v) is 4.53. The first-order valence-corrected chi connectivity index (χ1v) is 5.99. The van der Waals surface area contributed by atoms with Crippen LogP contribution in [0.5, 0.6) is 0 Å². The molecule has 0 heterocycles. The molecule has 0 fully saturated rings. The highest BCUT2D eigenvalue weighted by Gasteiger charge is 2.08. The lowest BCUT2D eigenvalue weighted by Crippen LogP contribution is -2.33. The van der Waals surface area contributed by atoms with Gasteiger partial charge in [0.2, 0.25) is 11.8 Å². The summed E-state index contributed by atoms with van der Waals surface area (Å²) >= 11 is 0. The Bertz CT molecular complexity index is 298. The first kappa shape index (κ1) is 15.6. The predicted molar refractivity (Wildman–Crippen MR) is 68.6 cm³/mol. The fourth-order valence-corrected chi connectivity index (χ4v) is 0.979. The second-order valence-electron chi connectivity index (χ2n) is 4.53. The van der Waals surface area contributed by atoms with Gasteiger partial charge >= 0.3 is 0 Å². The van der Waals surface area contributed by atoms with Crippen LogP contribution in [-0.2, 0) is 9.59 Å². The highest BCUT2D eigenvalue weighted by atomic mass is 16.2. The Hall–Kier alpha value is -1.39. The minimum atomic E-state index is -0.147. The third-order valence-corrected chi connectivity index (χ3v) is 2.32. The fraction of sp³-hybridized carbons (Fsp3) is 0.750. The van der Waals surface area contributed by atoms with Gasteiger partial charge in [-0.2, -0.15) is 5.10 Å². The van der Waals surface area contributed by atoms with Crippen LogP contribution in [0.3, 0.4) is 0 Å². The van der Waals surface area contributed by atoms with Crippen LogP contribution in [0, 0.1) is 5.92 Å². The predicted octanol–water partition coefficient (Wildman–Crippen LogP) is 1.44. The Kier molecular flexibility index (Phi) is 7.18. The number of hydrazone groups is 1. The van der Waals surface area contributed by atoms with E-state index in [0.29, 0.717) is 5.71 Å². The molecule has 0 radical (unpaired) electrons. The van der Waals surface area contributed by atoms with Crippen LogP contribution in [-0.4, -0.2) is 23.6 Å². The molecule has 5 nitrogen and oxygen atoms in total. The molecule has 0 aromatic carbocycles. The molecule has 0 bridgehead atoms. The molecule has 0 aliphatic carbocycles. The largest absolute Gasteiger partial charge is 0.353 e. The minimum absolute atomic E-state index is 0.0700. The molecule has 0 aromatic rings. The van der Waals surface area contributed by atoms with Crippen LogP contribution in [0.15, 0.2) is 5.10 Å². The van der Waals surface area contributed by atoms with Gasteiger partial charge < -0.3 is 5.32 Å². The van der Waals surface area contributed by atoms with Crippen molar-refractivity contribution in [1.82, 2.24) is 10.7 Å². The van der Waals surface area contributed by atoms with Crippen LogP contribution in [0.4, 0.5) is 0 Å². The summed E-state index contributed by atoms with van der Waals surface area (Å²) in [6.45, 7) is 9.25. The molecule has 5 heteroatoms. The monoisotopic (exact) mass is 241 g/mol. The molecule has 0 spiro atoms. The maximum Gasteiger partial charge on any atom is 0.242 e. The van der Waals surface area contributed by atoms with Crippen molar-refractivity contribution in [3.8, 4) is 0 Å². The summed E-state index contributed by atoms with van der Waals surface area (Å²) < 4.78 is 0. The molecule has 0 rings (SSSR count). The first-order valence-electron chi connectivity index (χ1n) is 5.99. The Morgan fingerprint density at radius 2 is 1.82 bits per heavy atom. The molecule has 17 heavy (non-hydrogen) atoms. The van der Waals surface area contributed by atoms with E-state index < -0.39 is 0 Å². The normalized spacial score (nSPS) is 13.4. The van der Waals surface area contributed by atoms with Crippen LogP contribution in [0.2, 0.25) is 0 Å². The Labute approximate surface area is 103 Å². The Morgan fingerprint density at radius 3 is 2.29 bits per heavy atom. The number of rotatable bonds is 6. The van der Waals surface area contributed by atoms with Crippen molar-refractivity contribution in [1.29, 1.82) is 0 Å². The second kappa shape index (κ2) is 7.81. The zero-order valence-corrected chi connectivity index (χ0v) is 11.3. The number of hydrogen-bond acceptors (Lipinski definition) is 3. The van der Waals surface area contributed by atoms with Crippen molar-refractivity contribution in [3.05, 3.63) is 0 Å². The van der Waals surface area contributed by atoms with E-state index in [0.717, 1.165) is 6.42 Å². The molecule has 0 saturated heterocycles. The quantitative estimate of drug-likeness (QED) is 0.545. The molecule has 2 N–H and O–H groups in total. The van der Waals surface area contributed by atoms with Gasteiger partial charge in [-0.1, -0.05) is 20.8 Å². The Balaban J connectivity index is 4.07. The molecule has 0 aromatic heterocycles. The van der Waals surface area contributed by atoms with Gasteiger partial charge in [-0.3, -0.25) is 9.59 Å². The molecule has 0 aliphatic rings. The van der Waals surface area contributed by atoms with Crippen molar-refractivity contribution in [3.63, 3.8) is 0 Å². The van der Waals surface area contributed by atoms with Crippen LogP contribution < -0.4 is 10.7 Å². The molecular weight excluding hydrogens is 218 g/mol. The fourth-order valence-electron chi connectivity index (χ4n) is 0.979. The summed E-state index contributed by atoms with van der Waals surface area (Å²) in [5.41, 5.74) is 3.02. The highest BCUT2D eigenvalue weighted by Crippen LogP contribution is 1.93. The van der Waals surface area contributed by atoms with Gasteiger partial charge in [0.25, 0.3) is 0 Å². The maximum absolute atomic E-state index is 11.5. The molecule has 2 amide bonds. The maximum atomic E-state index is 11.5. The van der Waals surface area contributed by atoms with E-state index >= 15 is 0 Å². The number of nitrogens with one attached hydrogen (secondary N) is 2. The number of nitrogens with zero attached hydrogens (tertiary/aromatic N) is 1. The van der Waals surface area contributed by atoms with Gasteiger partial charge in [0.15, 0.2) is 0 Å². The lowest BCUT2D eigenvalue weighted by Gasteiger charge is -2.11. The van der Waals surface area contributed by atoms with E-state index in [9.17, 15) is 9.59 Å². The number of hydrogen-bond donors (Lipinski definition) is 2. The molecule has 0 unspecified atom stereocenters. The van der Waals surface area contributed by atoms with Gasteiger partial charge in [-0.05, 0) is 20.3 Å². The van der Waals surface area contributed by atoms with Gasteiger partial charge in [0.05, 0.1) is 6.42 Å². The SMILES string of the molecule is CC[C@H](C)NC(=O)C/C(C)=N/NC(=O)C(C)C. The average Bonchev–Trinajstić information content (AvgIpc) is 2.25. The van der Waals surface area contributed by atoms with Crippen LogP contribution in [0.25, 0.3) is 0 Å². The number of carbonyl (C=O) groups is 2. The van der Waals surface area contributed by atoms with Crippen molar-refractivity contribution >= 4 is 17.5 Å². The number of carbonyl (C=O) groups excluding carboxylic acids is 2. The summed E-state index contributed by atoms with van der Waals surface area (Å²) in [4.78, 5) is 22.7. The zero-order chi connectivity index (χ0) is 13.4. The van der Waals surface area contributed by atoms with Crippen LogP contribution in [0.1, 0.15) is 47.5 Å². The summed E-state index contributed by atoms with van der Waals surface area (Å²) in [6.07, 6.45) is 1.11. The molecule has 98 valence electrons. The Morgan fingerprint density at radius 1 is 1.24 bits per heavy atom. The lowest BCUT2D eigenvalue weighted by molar-refractivity contribution is -0.124. The first-order chi connectivity index (χ1) is 7.86. The molecule has 0 aliphatic heterocycles. The summed E-state index contributed by atoms with van der Waals surface area (Å²) in [5, 5.41) is 6.71. The van der Waals surface area contributed by atoms with E-state index in [1.165, 1.54) is 0 Å². The summed E-state index contributed by atoms with van der Waals surface area (Å²) in [6, 6.07) is 0.167. The smallest absolute Gasteiger partial charge is 0.242 e. The minimum Gasteiger partial charge on any atom is -0.353 e. The standard InChI is InChI=1S/C12H23N3O2/c1-6-9(4)13-11(16)7-10(5)14-15-12(17)8(2)3/h8-9H,6-7H2,1-5H3,(H,13,16)(H,15,17)/b14-10+/t9-/m0/s1. The van der Waals surface area contributed by atoms with Gasteiger partial charge in [0.1, 0.15) is 0 Å². The zero-order valence-electron chi connectivity index (χ0n) is 11.3. The molecular formula is C12H23N3O2. The van der Waals surface area contributed by atoms with Crippen molar-refractivity contribution in [2.75, 3.05) is 0 Å². The van der Waals surface area contributed by atoms with E-state index in [1.807, 2.05) is 13.8 Å². The van der Waals surface area contributed by atoms with Crippen LogP contribution >= 0.6 is 0 Å². The number of amides is 2. The third kappa shape index (κ3) is 7.49. The van der Waals surface area contributed by atoms with Gasteiger partial charge in [0, 0.05) is 17.7 Å².